The third-order valence-electron chi connectivity index (χ3n) is 5.50. The van der Waals surface area contributed by atoms with E-state index in [1.807, 2.05) is 6.07 Å². The lowest BCUT2D eigenvalue weighted by atomic mass is 10.1. The molecular weight excluding hydrogens is 480 g/mol. The Hall–Kier alpha value is -2.82. The van der Waals surface area contributed by atoms with Crippen molar-refractivity contribution in [2.45, 2.75) is 59.8 Å². The molecule has 1 aromatic rings. The van der Waals surface area contributed by atoms with Gasteiger partial charge in [-0.25, -0.2) is 8.42 Å². The van der Waals surface area contributed by atoms with E-state index in [0.717, 1.165) is 12.1 Å². The highest BCUT2D eigenvalue weighted by Gasteiger charge is 2.52. The number of nitriles is 1. The maximum Gasteiger partial charge on any atom is 0.417 e. The summed E-state index contributed by atoms with van der Waals surface area (Å²) in [4.78, 5) is 24.2. The fraction of sp³-hybridized carbons (Fsp3) is 0.526. The molecule has 2 aliphatic rings. The van der Waals surface area contributed by atoms with Crippen LogP contribution in [-0.2, 0) is 25.6 Å². The maximum absolute atomic E-state index is 13.3. The minimum Gasteiger partial charge on any atom is -0.336 e. The van der Waals surface area contributed by atoms with Gasteiger partial charge in [0.05, 0.1) is 21.8 Å². The van der Waals surface area contributed by atoms with Crippen LogP contribution in [0.2, 0.25) is 0 Å². The summed E-state index contributed by atoms with van der Waals surface area (Å²) in [5, 5.41) is 9.66. The highest BCUT2D eigenvalue weighted by molar-refractivity contribution is 7.92. The molecule has 1 saturated carbocycles. The third-order valence-corrected chi connectivity index (χ3v) is 7.69. The van der Waals surface area contributed by atoms with Crippen molar-refractivity contribution in [2.24, 2.45) is 0 Å². The average molecular weight is 497 g/mol. The minimum absolute atomic E-state index is 0.263. The number of amides is 2. The van der Waals surface area contributed by atoms with Crippen molar-refractivity contribution in [1.82, 2.24) is 10.2 Å². The van der Waals surface area contributed by atoms with Crippen LogP contribution >= 0.6 is 0 Å². The Morgan fingerprint density at radius 3 is 2.27 bits per heavy atom. The second-order valence-corrected chi connectivity index (χ2v) is 10.1. The number of carbonyl (C=O) groups is 2. The van der Waals surface area contributed by atoms with Gasteiger partial charge in [0.1, 0.15) is 18.0 Å². The predicted molar refractivity (Wildman–Crippen MR) is 98.9 cm³/mol. The highest BCUT2D eigenvalue weighted by atomic mass is 32.2. The average Bonchev–Trinajstić information content (AvgIpc) is 3.31. The fourth-order valence-corrected chi connectivity index (χ4v) is 5.57. The molecule has 1 N–H and O–H groups in total. The van der Waals surface area contributed by atoms with Gasteiger partial charge >= 0.3 is 12.4 Å². The summed E-state index contributed by atoms with van der Waals surface area (Å²) < 4.78 is 104. The van der Waals surface area contributed by atoms with E-state index in [9.17, 15) is 44.3 Å². The summed E-state index contributed by atoms with van der Waals surface area (Å²) in [7, 11) is -4.80. The number of alkyl halides is 6. The van der Waals surface area contributed by atoms with Gasteiger partial charge in [-0.2, -0.15) is 31.6 Å². The van der Waals surface area contributed by atoms with E-state index < -0.39 is 80.7 Å². The molecule has 1 aliphatic heterocycles. The summed E-state index contributed by atoms with van der Waals surface area (Å²) in [6, 6.07) is 3.41. The molecule has 2 atom stereocenters. The summed E-state index contributed by atoms with van der Waals surface area (Å²) >= 11 is 0. The molecule has 2 fully saturated rings. The topological polar surface area (TPSA) is 107 Å². The summed E-state index contributed by atoms with van der Waals surface area (Å²) in [5.74, 6) is -2.63. The molecule has 1 aliphatic carbocycles. The third kappa shape index (κ3) is 5.23. The number of nitrogens with zero attached hydrogens (tertiary/aromatic N) is 2. The first-order valence-electron chi connectivity index (χ1n) is 9.59. The number of likely N-dealkylation sites (tertiary alicyclic amines) is 1. The molecule has 7 nitrogen and oxygen atoms in total. The van der Waals surface area contributed by atoms with E-state index in [2.05, 4.69) is 5.32 Å². The van der Waals surface area contributed by atoms with Crippen LogP contribution in [0.3, 0.4) is 0 Å². The molecule has 1 aromatic carbocycles. The lowest BCUT2D eigenvalue weighted by Crippen LogP contribution is -2.50. The zero-order valence-corrected chi connectivity index (χ0v) is 17.5. The monoisotopic (exact) mass is 497 g/mol. The SMILES string of the molecule is N#CC1(NC(=O)[C@@H]2C[C@@H](S(=O)(=O)c3ccccc3C(F)(F)F)CN2C(=O)CC(F)(F)F)CC1. The molecule has 0 aromatic heterocycles. The Balaban J connectivity index is 1.95. The van der Waals surface area contributed by atoms with Crippen molar-refractivity contribution >= 4 is 21.7 Å². The summed E-state index contributed by atoms with van der Waals surface area (Å²) in [5.41, 5.74) is -2.72. The van der Waals surface area contributed by atoms with Crippen molar-refractivity contribution in [3.63, 3.8) is 0 Å². The van der Waals surface area contributed by atoms with Gasteiger partial charge in [0, 0.05) is 6.54 Å². The first kappa shape index (κ1) is 24.8. The van der Waals surface area contributed by atoms with Gasteiger partial charge in [0.25, 0.3) is 0 Å². The largest absolute Gasteiger partial charge is 0.417 e. The molecule has 0 radical (unpaired) electrons. The minimum atomic E-state index is -5.03. The summed E-state index contributed by atoms with van der Waals surface area (Å²) in [6.45, 7) is -0.902. The first-order valence-corrected chi connectivity index (χ1v) is 11.1. The number of carbonyl (C=O) groups excluding carboxylic acids is 2. The second-order valence-electron chi connectivity index (χ2n) is 7.93. The van der Waals surface area contributed by atoms with Crippen LogP contribution in [0.5, 0.6) is 0 Å². The molecular formula is C19H17F6N3O4S. The van der Waals surface area contributed by atoms with E-state index in [-0.39, 0.29) is 12.8 Å². The van der Waals surface area contributed by atoms with Crippen LogP contribution < -0.4 is 5.32 Å². The number of rotatable bonds is 5. The zero-order valence-electron chi connectivity index (χ0n) is 16.7. The quantitative estimate of drug-likeness (QED) is 0.630. The molecule has 1 heterocycles. The van der Waals surface area contributed by atoms with Crippen molar-refractivity contribution < 1.29 is 44.3 Å². The van der Waals surface area contributed by atoms with Crippen LogP contribution in [0.1, 0.15) is 31.2 Å². The highest BCUT2D eigenvalue weighted by Crippen LogP contribution is 2.39. The number of benzene rings is 1. The van der Waals surface area contributed by atoms with Crippen LogP contribution in [0.15, 0.2) is 29.2 Å². The van der Waals surface area contributed by atoms with E-state index in [4.69, 9.17) is 5.26 Å². The van der Waals surface area contributed by atoms with Gasteiger partial charge in [0.2, 0.25) is 11.8 Å². The van der Waals surface area contributed by atoms with Crippen molar-refractivity contribution in [3.8, 4) is 6.07 Å². The smallest absolute Gasteiger partial charge is 0.336 e. The number of halogens is 6. The lowest BCUT2D eigenvalue weighted by Gasteiger charge is -2.25. The number of nitrogens with one attached hydrogen (secondary N) is 1. The van der Waals surface area contributed by atoms with Crippen LogP contribution in [-0.4, -0.2) is 54.7 Å². The molecule has 0 unspecified atom stereocenters. The molecule has 0 spiro atoms. The van der Waals surface area contributed by atoms with Crippen LogP contribution in [0, 0.1) is 11.3 Å². The molecule has 0 bridgehead atoms. The summed E-state index contributed by atoms with van der Waals surface area (Å²) in [6.07, 6.45) is -12.2. The Labute approximate surface area is 184 Å². The molecule has 180 valence electrons. The zero-order chi connectivity index (χ0) is 24.8. The molecule has 2 amide bonds. The van der Waals surface area contributed by atoms with Crippen LogP contribution in [0.4, 0.5) is 26.3 Å². The standard InChI is InChI=1S/C19H17F6N3O4S/c20-18(21,22)8-15(29)28-9-11(7-13(28)16(30)27-17(10-26)5-6-17)33(31,32)14-4-2-1-3-12(14)19(23,24)25/h1-4,11,13H,5-9H2,(H,27,30)/t11-,13+/m1/s1. The Bertz CT molecular complexity index is 1110. The molecule has 33 heavy (non-hydrogen) atoms. The van der Waals surface area contributed by atoms with Crippen molar-refractivity contribution in [1.29, 1.82) is 5.26 Å². The van der Waals surface area contributed by atoms with E-state index in [1.165, 1.54) is 0 Å². The van der Waals surface area contributed by atoms with Gasteiger partial charge in [-0.05, 0) is 31.4 Å². The van der Waals surface area contributed by atoms with Crippen molar-refractivity contribution in [3.05, 3.63) is 29.8 Å². The first-order chi connectivity index (χ1) is 15.1. The second kappa shape index (κ2) is 8.19. The van der Waals surface area contributed by atoms with Gasteiger partial charge in [-0.15, -0.1) is 0 Å². The Morgan fingerprint density at radius 2 is 1.76 bits per heavy atom. The Morgan fingerprint density at radius 1 is 1.15 bits per heavy atom. The van der Waals surface area contributed by atoms with E-state index >= 15 is 0 Å². The van der Waals surface area contributed by atoms with E-state index in [1.54, 1.807) is 0 Å². The fourth-order valence-electron chi connectivity index (χ4n) is 3.66. The lowest BCUT2D eigenvalue weighted by molar-refractivity contribution is -0.163. The van der Waals surface area contributed by atoms with E-state index in [0.29, 0.717) is 17.0 Å². The number of sulfone groups is 1. The maximum atomic E-state index is 13.3. The number of hydrogen-bond acceptors (Lipinski definition) is 5. The predicted octanol–water partition coefficient (Wildman–Crippen LogP) is 2.57. The molecule has 14 heteroatoms. The Kier molecular flexibility index (Phi) is 6.16. The van der Waals surface area contributed by atoms with Crippen LogP contribution in [0.25, 0.3) is 0 Å². The van der Waals surface area contributed by atoms with Gasteiger partial charge in [-0.3, -0.25) is 9.59 Å². The number of hydrogen-bond donors (Lipinski definition) is 1. The normalized spacial score (nSPS) is 22.5. The molecule has 3 rings (SSSR count). The van der Waals surface area contributed by atoms with Gasteiger partial charge in [-0.1, -0.05) is 12.1 Å². The van der Waals surface area contributed by atoms with Crippen molar-refractivity contribution in [2.75, 3.05) is 6.54 Å². The van der Waals surface area contributed by atoms with Gasteiger partial charge < -0.3 is 10.2 Å². The molecule has 1 saturated heterocycles. The van der Waals surface area contributed by atoms with Gasteiger partial charge in [0.15, 0.2) is 9.84 Å².